The molecular formula is C13H17N5. The summed E-state index contributed by atoms with van der Waals surface area (Å²) in [4.78, 5) is 0. The lowest BCUT2D eigenvalue weighted by Gasteiger charge is -2.22. The lowest BCUT2D eigenvalue weighted by molar-refractivity contribution is 0.358. The average Bonchev–Trinajstić information content (AvgIpc) is 2.96. The molecule has 1 aromatic heterocycles. The molecule has 0 radical (unpaired) electrons. The van der Waals surface area contributed by atoms with Gasteiger partial charge in [-0.25, -0.2) is 4.68 Å². The van der Waals surface area contributed by atoms with E-state index in [-0.39, 0.29) is 11.5 Å². The summed E-state index contributed by atoms with van der Waals surface area (Å²) in [6.07, 6.45) is 4.16. The van der Waals surface area contributed by atoms with Gasteiger partial charge in [-0.1, -0.05) is 30.3 Å². The normalized spacial score (nSPS) is 18.6. The fourth-order valence-corrected chi connectivity index (χ4v) is 2.34. The van der Waals surface area contributed by atoms with Gasteiger partial charge in [-0.3, -0.25) is 11.3 Å². The van der Waals surface area contributed by atoms with Crippen molar-refractivity contribution in [1.29, 1.82) is 0 Å². The van der Waals surface area contributed by atoms with Crippen LogP contribution in [0.3, 0.4) is 0 Å². The molecule has 0 spiro atoms. The van der Waals surface area contributed by atoms with Gasteiger partial charge in [0.15, 0.2) is 0 Å². The molecule has 1 fully saturated rings. The molecule has 1 saturated carbocycles. The SMILES string of the molecule is CC1(C(NN)c2cnnn2-c2ccccc2)CC1. The van der Waals surface area contributed by atoms with Gasteiger partial charge in [-0.15, -0.1) is 5.10 Å². The Morgan fingerprint density at radius 3 is 2.67 bits per heavy atom. The monoisotopic (exact) mass is 243 g/mol. The zero-order chi connectivity index (χ0) is 12.6. The molecule has 3 N–H and O–H groups in total. The molecule has 2 aromatic rings. The Morgan fingerprint density at radius 2 is 2.06 bits per heavy atom. The van der Waals surface area contributed by atoms with E-state index in [2.05, 4.69) is 22.7 Å². The number of nitrogens with zero attached hydrogens (tertiary/aromatic N) is 3. The average molecular weight is 243 g/mol. The molecule has 1 atom stereocenters. The molecule has 1 heterocycles. The van der Waals surface area contributed by atoms with E-state index >= 15 is 0 Å². The number of hydrazine groups is 1. The van der Waals surface area contributed by atoms with Crippen LogP contribution in [-0.4, -0.2) is 15.0 Å². The van der Waals surface area contributed by atoms with Crippen LogP contribution < -0.4 is 11.3 Å². The van der Waals surface area contributed by atoms with Crippen LogP contribution in [0.2, 0.25) is 0 Å². The van der Waals surface area contributed by atoms with Gasteiger partial charge >= 0.3 is 0 Å². The van der Waals surface area contributed by atoms with E-state index in [1.165, 1.54) is 12.8 Å². The highest BCUT2D eigenvalue weighted by molar-refractivity contribution is 5.33. The van der Waals surface area contributed by atoms with Crippen molar-refractivity contribution in [3.8, 4) is 5.69 Å². The van der Waals surface area contributed by atoms with Gasteiger partial charge in [0.1, 0.15) is 0 Å². The number of nitrogens with one attached hydrogen (secondary N) is 1. The Kier molecular flexibility index (Phi) is 2.65. The highest BCUT2D eigenvalue weighted by atomic mass is 15.4. The van der Waals surface area contributed by atoms with Crippen LogP contribution in [0.5, 0.6) is 0 Å². The van der Waals surface area contributed by atoms with E-state index in [0.717, 1.165) is 11.4 Å². The van der Waals surface area contributed by atoms with Gasteiger partial charge in [-0.2, -0.15) is 0 Å². The highest BCUT2D eigenvalue weighted by Crippen LogP contribution is 2.54. The van der Waals surface area contributed by atoms with Crippen molar-refractivity contribution in [3.63, 3.8) is 0 Å². The first-order chi connectivity index (χ1) is 8.74. The third kappa shape index (κ3) is 1.81. The van der Waals surface area contributed by atoms with Crippen molar-refractivity contribution in [2.45, 2.75) is 25.8 Å². The molecule has 1 aliphatic rings. The number of para-hydroxylation sites is 1. The molecule has 0 amide bonds. The highest BCUT2D eigenvalue weighted by Gasteiger charge is 2.46. The quantitative estimate of drug-likeness (QED) is 0.632. The summed E-state index contributed by atoms with van der Waals surface area (Å²) in [5.74, 6) is 5.72. The summed E-state index contributed by atoms with van der Waals surface area (Å²) >= 11 is 0. The van der Waals surface area contributed by atoms with E-state index < -0.39 is 0 Å². The molecule has 5 nitrogen and oxygen atoms in total. The second kappa shape index (κ2) is 4.19. The topological polar surface area (TPSA) is 68.8 Å². The van der Waals surface area contributed by atoms with E-state index in [1.54, 1.807) is 6.20 Å². The van der Waals surface area contributed by atoms with Gasteiger partial charge in [0.2, 0.25) is 0 Å². The lowest BCUT2D eigenvalue weighted by atomic mass is 9.97. The number of nitrogens with two attached hydrogens (primary N) is 1. The zero-order valence-electron chi connectivity index (χ0n) is 10.4. The molecule has 1 aliphatic carbocycles. The molecule has 94 valence electrons. The minimum Gasteiger partial charge on any atom is -0.271 e. The molecular weight excluding hydrogens is 226 g/mol. The van der Waals surface area contributed by atoms with Gasteiger partial charge in [0.25, 0.3) is 0 Å². The Balaban J connectivity index is 2.01. The molecule has 5 heteroatoms. The van der Waals surface area contributed by atoms with Gasteiger partial charge in [0, 0.05) is 0 Å². The predicted molar refractivity (Wildman–Crippen MR) is 68.8 cm³/mol. The van der Waals surface area contributed by atoms with E-state index in [9.17, 15) is 0 Å². The first-order valence-electron chi connectivity index (χ1n) is 6.17. The smallest absolute Gasteiger partial charge is 0.0834 e. The number of benzene rings is 1. The minimum atomic E-state index is 0.0905. The Bertz CT molecular complexity index is 529. The van der Waals surface area contributed by atoms with E-state index in [4.69, 9.17) is 5.84 Å². The minimum absolute atomic E-state index is 0.0905. The van der Waals surface area contributed by atoms with Crippen molar-refractivity contribution < 1.29 is 0 Å². The summed E-state index contributed by atoms with van der Waals surface area (Å²) in [6, 6.07) is 10.1. The Morgan fingerprint density at radius 1 is 1.33 bits per heavy atom. The standard InChI is InChI=1S/C13H17N5/c1-13(7-8-13)12(16-14)11-9-15-17-18(11)10-5-3-2-4-6-10/h2-6,9,12,16H,7-8,14H2,1H3. The number of hydrogen-bond donors (Lipinski definition) is 2. The van der Waals surface area contributed by atoms with Crippen LogP contribution in [0.1, 0.15) is 31.5 Å². The first-order valence-corrected chi connectivity index (χ1v) is 6.17. The van der Waals surface area contributed by atoms with Crippen molar-refractivity contribution in [2.75, 3.05) is 0 Å². The Hall–Kier alpha value is -1.72. The van der Waals surface area contributed by atoms with Crippen LogP contribution in [0.4, 0.5) is 0 Å². The largest absolute Gasteiger partial charge is 0.271 e. The zero-order valence-corrected chi connectivity index (χ0v) is 10.4. The molecule has 1 unspecified atom stereocenters. The van der Waals surface area contributed by atoms with Gasteiger partial charge in [-0.05, 0) is 30.4 Å². The Labute approximate surface area is 106 Å². The summed E-state index contributed by atoms with van der Waals surface area (Å²) in [6.45, 7) is 2.24. The van der Waals surface area contributed by atoms with Crippen molar-refractivity contribution in [1.82, 2.24) is 20.4 Å². The molecule has 1 aromatic carbocycles. The maximum absolute atomic E-state index is 5.72. The third-order valence-electron chi connectivity index (χ3n) is 3.77. The summed E-state index contributed by atoms with van der Waals surface area (Å²) < 4.78 is 1.86. The molecule has 0 bridgehead atoms. The molecule has 0 aliphatic heterocycles. The van der Waals surface area contributed by atoms with E-state index in [0.29, 0.717) is 0 Å². The fraction of sp³-hybridized carbons (Fsp3) is 0.385. The van der Waals surface area contributed by atoms with Crippen molar-refractivity contribution >= 4 is 0 Å². The molecule has 18 heavy (non-hydrogen) atoms. The van der Waals surface area contributed by atoms with E-state index in [1.807, 2.05) is 35.0 Å². The maximum Gasteiger partial charge on any atom is 0.0834 e. The number of aromatic nitrogens is 3. The van der Waals surface area contributed by atoms with Crippen LogP contribution >= 0.6 is 0 Å². The van der Waals surface area contributed by atoms with Gasteiger partial charge in [0.05, 0.1) is 23.6 Å². The second-order valence-corrected chi connectivity index (χ2v) is 5.16. The lowest BCUT2D eigenvalue weighted by Crippen LogP contribution is -2.35. The summed E-state index contributed by atoms with van der Waals surface area (Å²) in [5.41, 5.74) is 5.17. The van der Waals surface area contributed by atoms with Crippen LogP contribution in [0.15, 0.2) is 36.5 Å². The van der Waals surface area contributed by atoms with Gasteiger partial charge < -0.3 is 0 Å². The second-order valence-electron chi connectivity index (χ2n) is 5.16. The van der Waals surface area contributed by atoms with Crippen LogP contribution in [-0.2, 0) is 0 Å². The van der Waals surface area contributed by atoms with Crippen molar-refractivity contribution in [3.05, 3.63) is 42.2 Å². The summed E-state index contributed by atoms with van der Waals surface area (Å²) in [5, 5.41) is 8.19. The molecule has 0 saturated heterocycles. The fourth-order valence-electron chi connectivity index (χ4n) is 2.34. The summed E-state index contributed by atoms with van der Waals surface area (Å²) in [7, 11) is 0. The maximum atomic E-state index is 5.72. The first kappa shape index (κ1) is 11.4. The third-order valence-corrected chi connectivity index (χ3v) is 3.77. The molecule has 3 rings (SSSR count). The number of rotatable bonds is 4. The van der Waals surface area contributed by atoms with Crippen LogP contribution in [0, 0.1) is 5.41 Å². The van der Waals surface area contributed by atoms with Crippen LogP contribution in [0.25, 0.3) is 5.69 Å². The van der Waals surface area contributed by atoms with Crippen molar-refractivity contribution in [2.24, 2.45) is 11.3 Å². The predicted octanol–water partition coefficient (Wildman–Crippen LogP) is 1.57. The number of hydrogen-bond acceptors (Lipinski definition) is 4.